The van der Waals surface area contributed by atoms with Crippen molar-refractivity contribution in [3.63, 3.8) is 0 Å². The second-order valence-electron chi connectivity index (χ2n) is 6.77. The first kappa shape index (κ1) is 17.5. The van der Waals surface area contributed by atoms with Gasteiger partial charge in [-0.2, -0.15) is 0 Å². The van der Waals surface area contributed by atoms with Crippen molar-refractivity contribution >= 4 is 11.8 Å². The monoisotopic (exact) mass is 316 g/mol. The van der Waals surface area contributed by atoms with Crippen molar-refractivity contribution in [1.29, 1.82) is 0 Å². The predicted octanol–water partition coefficient (Wildman–Crippen LogP) is 2.83. The number of unbranched alkanes of at least 4 members (excludes halogenated alkanes) is 1. The molecule has 2 amide bonds. The van der Waals surface area contributed by atoms with Gasteiger partial charge in [-0.15, -0.1) is 0 Å². The number of amides is 2. The Morgan fingerprint density at radius 3 is 2.13 bits per heavy atom. The van der Waals surface area contributed by atoms with Gasteiger partial charge in [0.05, 0.1) is 5.41 Å². The third-order valence-electron chi connectivity index (χ3n) is 4.69. The molecule has 2 rings (SSSR count). The van der Waals surface area contributed by atoms with E-state index in [1.807, 2.05) is 54.0 Å². The molecule has 0 spiro atoms. The van der Waals surface area contributed by atoms with Crippen LogP contribution in [0.5, 0.6) is 0 Å². The summed E-state index contributed by atoms with van der Waals surface area (Å²) < 4.78 is 0. The van der Waals surface area contributed by atoms with Crippen LogP contribution in [0.25, 0.3) is 0 Å². The summed E-state index contributed by atoms with van der Waals surface area (Å²) in [5, 5.41) is 0. The van der Waals surface area contributed by atoms with Gasteiger partial charge < -0.3 is 9.80 Å². The largest absolute Gasteiger partial charge is 0.339 e. The van der Waals surface area contributed by atoms with Crippen LogP contribution in [-0.4, -0.2) is 47.8 Å². The Morgan fingerprint density at radius 1 is 1.00 bits per heavy atom. The van der Waals surface area contributed by atoms with Gasteiger partial charge in [-0.25, -0.2) is 0 Å². The van der Waals surface area contributed by atoms with Crippen LogP contribution in [0.15, 0.2) is 30.3 Å². The van der Waals surface area contributed by atoms with Gasteiger partial charge in [0.25, 0.3) is 0 Å². The highest BCUT2D eigenvalue weighted by Crippen LogP contribution is 2.26. The molecular formula is C19H28N2O2. The van der Waals surface area contributed by atoms with Gasteiger partial charge >= 0.3 is 0 Å². The van der Waals surface area contributed by atoms with E-state index >= 15 is 0 Å². The maximum atomic E-state index is 12.9. The van der Waals surface area contributed by atoms with E-state index in [0.29, 0.717) is 32.6 Å². The van der Waals surface area contributed by atoms with Crippen LogP contribution in [0.3, 0.4) is 0 Å². The summed E-state index contributed by atoms with van der Waals surface area (Å²) in [4.78, 5) is 28.8. The Balaban J connectivity index is 1.94. The Hall–Kier alpha value is -1.84. The third kappa shape index (κ3) is 4.12. The fourth-order valence-electron chi connectivity index (χ4n) is 3.02. The number of hydrogen-bond donors (Lipinski definition) is 0. The van der Waals surface area contributed by atoms with Crippen LogP contribution in [0.2, 0.25) is 0 Å². The molecule has 1 aliphatic rings. The summed E-state index contributed by atoms with van der Waals surface area (Å²) in [5.41, 5.74) is 0.502. The average molecular weight is 316 g/mol. The molecule has 4 nitrogen and oxygen atoms in total. The summed E-state index contributed by atoms with van der Waals surface area (Å²) in [6.07, 6.45) is 2.61. The van der Waals surface area contributed by atoms with E-state index in [4.69, 9.17) is 0 Å². The van der Waals surface area contributed by atoms with Gasteiger partial charge in [-0.1, -0.05) is 43.7 Å². The molecule has 0 N–H and O–H groups in total. The minimum Gasteiger partial charge on any atom is -0.339 e. The Labute approximate surface area is 139 Å². The number of rotatable bonds is 5. The molecule has 1 fully saturated rings. The van der Waals surface area contributed by atoms with Crippen molar-refractivity contribution in [1.82, 2.24) is 9.80 Å². The molecule has 1 saturated heterocycles. The fourth-order valence-corrected chi connectivity index (χ4v) is 3.02. The molecule has 1 heterocycles. The molecule has 1 aromatic rings. The number of benzene rings is 1. The molecule has 0 bridgehead atoms. The van der Waals surface area contributed by atoms with E-state index in [0.717, 1.165) is 18.4 Å². The third-order valence-corrected chi connectivity index (χ3v) is 4.69. The standard InChI is InChI=1S/C19H28N2O2/c1-4-5-11-17(22)20-12-14-21(15-13-20)18(23)19(2,3)16-9-7-6-8-10-16/h6-10H,4-5,11-15H2,1-3H3. The molecule has 0 aromatic heterocycles. The Bertz CT molecular complexity index is 532. The molecule has 0 radical (unpaired) electrons. The molecule has 0 aliphatic carbocycles. The number of nitrogens with zero attached hydrogens (tertiary/aromatic N) is 2. The van der Waals surface area contributed by atoms with Crippen molar-refractivity contribution in [2.45, 2.75) is 45.4 Å². The zero-order chi connectivity index (χ0) is 16.9. The van der Waals surface area contributed by atoms with Crippen LogP contribution < -0.4 is 0 Å². The summed E-state index contributed by atoms with van der Waals surface area (Å²) >= 11 is 0. The van der Waals surface area contributed by atoms with E-state index in [1.165, 1.54) is 0 Å². The number of carbonyl (C=O) groups excluding carboxylic acids is 2. The molecule has 1 aromatic carbocycles. The molecule has 0 unspecified atom stereocenters. The van der Waals surface area contributed by atoms with E-state index < -0.39 is 5.41 Å². The average Bonchev–Trinajstić information content (AvgIpc) is 2.59. The lowest BCUT2D eigenvalue weighted by atomic mass is 9.83. The highest BCUT2D eigenvalue weighted by Gasteiger charge is 2.35. The molecule has 126 valence electrons. The van der Waals surface area contributed by atoms with E-state index in [9.17, 15) is 9.59 Å². The van der Waals surface area contributed by atoms with Gasteiger partial charge in [-0.3, -0.25) is 9.59 Å². The van der Waals surface area contributed by atoms with Crippen LogP contribution in [0.1, 0.15) is 45.6 Å². The summed E-state index contributed by atoms with van der Waals surface area (Å²) in [6, 6.07) is 9.90. The maximum Gasteiger partial charge on any atom is 0.232 e. The highest BCUT2D eigenvalue weighted by molar-refractivity contribution is 5.87. The minimum atomic E-state index is -0.532. The van der Waals surface area contributed by atoms with Crippen LogP contribution in [0.4, 0.5) is 0 Å². The van der Waals surface area contributed by atoms with E-state index in [-0.39, 0.29) is 11.8 Å². The molecular weight excluding hydrogens is 288 g/mol. The summed E-state index contributed by atoms with van der Waals surface area (Å²) in [5.74, 6) is 0.366. The predicted molar refractivity (Wildman–Crippen MR) is 92.2 cm³/mol. The lowest BCUT2D eigenvalue weighted by molar-refractivity contribution is -0.142. The van der Waals surface area contributed by atoms with Gasteiger partial charge in [0, 0.05) is 32.6 Å². The van der Waals surface area contributed by atoms with E-state index in [2.05, 4.69) is 6.92 Å². The lowest BCUT2D eigenvalue weighted by Crippen LogP contribution is -2.54. The molecule has 0 saturated carbocycles. The zero-order valence-corrected chi connectivity index (χ0v) is 14.5. The lowest BCUT2D eigenvalue weighted by Gasteiger charge is -2.38. The molecule has 4 heteroatoms. The number of piperazine rings is 1. The van der Waals surface area contributed by atoms with Crippen LogP contribution in [-0.2, 0) is 15.0 Å². The second-order valence-corrected chi connectivity index (χ2v) is 6.77. The number of hydrogen-bond acceptors (Lipinski definition) is 2. The van der Waals surface area contributed by atoms with Crippen LogP contribution >= 0.6 is 0 Å². The minimum absolute atomic E-state index is 0.143. The van der Waals surface area contributed by atoms with Crippen molar-refractivity contribution < 1.29 is 9.59 Å². The Morgan fingerprint density at radius 2 is 1.57 bits per heavy atom. The van der Waals surface area contributed by atoms with Crippen molar-refractivity contribution in [3.05, 3.63) is 35.9 Å². The second kappa shape index (κ2) is 7.62. The molecule has 23 heavy (non-hydrogen) atoms. The maximum absolute atomic E-state index is 12.9. The van der Waals surface area contributed by atoms with Gasteiger partial charge in [0.2, 0.25) is 11.8 Å². The van der Waals surface area contributed by atoms with Crippen molar-refractivity contribution in [2.75, 3.05) is 26.2 Å². The fraction of sp³-hybridized carbons (Fsp3) is 0.579. The first-order valence-corrected chi connectivity index (χ1v) is 8.59. The number of carbonyl (C=O) groups is 2. The quantitative estimate of drug-likeness (QED) is 0.838. The smallest absolute Gasteiger partial charge is 0.232 e. The first-order chi connectivity index (χ1) is 11.0. The molecule has 0 atom stereocenters. The molecule has 1 aliphatic heterocycles. The van der Waals surface area contributed by atoms with Gasteiger partial charge in [0.15, 0.2) is 0 Å². The van der Waals surface area contributed by atoms with Crippen molar-refractivity contribution in [3.8, 4) is 0 Å². The van der Waals surface area contributed by atoms with Gasteiger partial charge in [-0.05, 0) is 25.8 Å². The van der Waals surface area contributed by atoms with E-state index in [1.54, 1.807) is 0 Å². The Kier molecular flexibility index (Phi) is 5.80. The topological polar surface area (TPSA) is 40.6 Å². The summed E-state index contributed by atoms with van der Waals surface area (Å²) in [6.45, 7) is 8.61. The first-order valence-electron chi connectivity index (χ1n) is 8.59. The normalized spacial score (nSPS) is 15.6. The zero-order valence-electron chi connectivity index (χ0n) is 14.5. The summed E-state index contributed by atoms with van der Waals surface area (Å²) in [7, 11) is 0. The highest BCUT2D eigenvalue weighted by atomic mass is 16.2. The van der Waals surface area contributed by atoms with Gasteiger partial charge in [0.1, 0.15) is 0 Å². The van der Waals surface area contributed by atoms with Crippen LogP contribution in [0, 0.1) is 0 Å². The van der Waals surface area contributed by atoms with Crippen molar-refractivity contribution in [2.24, 2.45) is 0 Å². The SMILES string of the molecule is CCCCC(=O)N1CCN(C(=O)C(C)(C)c2ccccc2)CC1.